The van der Waals surface area contributed by atoms with Gasteiger partial charge in [0.15, 0.2) is 5.41 Å². The summed E-state index contributed by atoms with van der Waals surface area (Å²) in [4.78, 5) is 20.9. The first-order chi connectivity index (χ1) is 5.05. The van der Waals surface area contributed by atoms with Gasteiger partial charge in [-0.05, 0) is 6.42 Å². The molecular weight excluding hydrogens is 148 g/mol. The Balaban J connectivity index is 2.87. The van der Waals surface area contributed by atoms with Gasteiger partial charge in [0.25, 0.3) is 0 Å². The van der Waals surface area contributed by atoms with Crippen LogP contribution in [0.15, 0.2) is 12.7 Å². The number of carbonyl (C=O) groups is 2. The Kier molecular flexibility index (Phi) is 1.47. The maximum atomic E-state index is 10.5. The highest BCUT2D eigenvalue weighted by molar-refractivity contribution is 6.02. The summed E-state index contributed by atoms with van der Waals surface area (Å²) in [5.74, 6) is -2.94. The third-order valence-corrected chi connectivity index (χ3v) is 2.06. The number of hydrogen-bond donors (Lipinski definition) is 2. The summed E-state index contributed by atoms with van der Waals surface area (Å²) < 4.78 is 0. The van der Waals surface area contributed by atoms with E-state index < -0.39 is 23.3 Å². The molecule has 1 atom stereocenters. The smallest absolute Gasteiger partial charge is 0.321 e. The van der Waals surface area contributed by atoms with E-state index >= 15 is 0 Å². The molecule has 0 unspecified atom stereocenters. The van der Waals surface area contributed by atoms with Gasteiger partial charge in [0.05, 0.1) is 0 Å². The largest absolute Gasteiger partial charge is 0.480 e. The zero-order chi connectivity index (χ0) is 8.65. The first-order valence-electron chi connectivity index (χ1n) is 3.15. The van der Waals surface area contributed by atoms with E-state index in [0.717, 1.165) is 0 Å². The number of carboxylic acid groups (broad SMARTS) is 2. The van der Waals surface area contributed by atoms with Gasteiger partial charge in [0.1, 0.15) is 0 Å². The molecule has 11 heavy (non-hydrogen) atoms. The Morgan fingerprint density at radius 3 is 2.00 bits per heavy atom. The monoisotopic (exact) mass is 156 g/mol. The van der Waals surface area contributed by atoms with Crippen molar-refractivity contribution >= 4 is 11.9 Å². The highest BCUT2D eigenvalue weighted by atomic mass is 16.4. The molecule has 60 valence electrons. The molecule has 1 rings (SSSR count). The maximum Gasteiger partial charge on any atom is 0.321 e. The molecule has 0 aliphatic heterocycles. The third kappa shape index (κ3) is 0.824. The normalized spacial score (nSPS) is 25.6. The van der Waals surface area contributed by atoms with Crippen molar-refractivity contribution < 1.29 is 19.8 Å². The molecule has 0 spiro atoms. The molecule has 1 saturated carbocycles. The van der Waals surface area contributed by atoms with E-state index in [-0.39, 0.29) is 6.42 Å². The van der Waals surface area contributed by atoms with Crippen LogP contribution >= 0.6 is 0 Å². The number of hydrogen-bond acceptors (Lipinski definition) is 2. The molecule has 1 aliphatic carbocycles. The molecule has 0 amide bonds. The lowest BCUT2D eigenvalue weighted by molar-refractivity contribution is -0.157. The van der Waals surface area contributed by atoms with Crippen molar-refractivity contribution in [2.24, 2.45) is 11.3 Å². The molecular formula is C7H8O4. The molecule has 0 saturated heterocycles. The predicted octanol–water partition coefficient (Wildman–Crippen LogP) is 0.348. The van der Waals surface area contributed by atoms with E-state index in [1.54, 1.807) is 0 Å². The van der Waals surface area contributed by atoms with Crippen LogP contribution in [0.5, 0.6) is 0 Å². The summed E-state index contributed by atoms with van der Waals surface area (Å²) in [6.45, 7) is 3.36. The van der Waals surface area contributed by atoms with Crippen molar-refractivity contribution in [2.45, 2.75) is 6.42 Å². The molecule has 2 N–H and O–H groups in total. The van der Waals surface area contributed by atoms with Gasteiger partial charge in [0.2, 0.25) is 0 Å². The first-order valence-corrected chi connectivity index (χ1v) is 3.15. The lowest BCUT2D eigenvalue weighted by atomic mass is 10.1. The van der Waals surface area contributed by atoms with E-state index in [1.165, 1.54) is 6.08 Å². The molecule has 0 radical (unpaired) electrons. The quantitative estimate of drug-likeness (QED) is 0.456. The topological polar surface area (TPSA) is 74.6 Å². The standard InChI is InChI=1S/C7H8O4/c1-2-4-3-7(4,5(8)9)6(10)11/h2,4H,1,3H2,(H,8,9)(H,10,11)/t4-/m0/s1. The molecule has 1 aliphatic rings. The number of aliphatic carboxylic acids is 2. The van der Waals surface area contributed by atoms with Crippen LogP contribution in [0.25, 0.3) is 0 Å². The van der Waals surface area contributed by atoms with Crippen LogP contribution in [0.1, 0.15) is 6.42 Å². The zero-order valence-corrected chi connectivity index (χ0v) is 5.78. The van der Waals surface area contributed by atoms with Gasteiger partial charge in [-0.1, -0.05) is 6.08 Å². The van der Waals surface area contributed by atoms with Gasteiger partial charge in [-0.15, -0.1) is 6.58 Å². The average Bonchev–Trinajstić information content (AvgIpc) is 2.61. The van der Waals surface area contributed by atoms with Crippen molar-refractivity contribution in [3.8, 4) is 0 Å². The van der Waals surface area contributed by atoms with E-state index in [9.17, 15) is 9.59 Å². The van der Waals surface area contributed by atoms with Gasteiger partial charge in [-0.2, -0.15) is 0 Å². The minimum absolute atomic E-state index is 0.168. The van der Waals surface area contributed by atoms with Crippen LogP contribution < -0.4 is 0 Å². The number of carboxylic acids is 2. The second-order valence-corrected chi connectivity index (χ2v) is 2.63. The summed E-state index contributed by atoms with van der Waals surface area (Å²) in [6, 6.07) is 0. The van der Waals surface area contributed by atoms with E-state index in [4.69, 9.17) is 10.2 Å². The zero-order valence-electron chi connectivity index (χ0n) is 5.78. The van der Waals surface area contributed by atoms with Gasteiger partial charge in [0, 0.05) is 5.92 Å². The van der Waals surface area contributed by atoms with Crippen molar-refractivity contribution in [2.75, 3.05) is 0 Å². The minimum atomic E-state index is -1.57. The third-order valence-electron chi connectivity index (χ3n) is 2.06. The fourth-order valence-electron chi connectivity index (χ4n) is 1.16. The lowest BCUT2D eigenvalue weighted by Crippen LogP contribution is -2.26. The Labute approximate surface area is 63.1 Å². The van der Waals surface area contributed by atoms with Crippen LogP contribution in [0.4, 0.5) is 0 Å². The van der Waals surface area contributed by atoms with Gasteiger partial charge >= 0.3 is 11.9 Å². The SMILES string of the molecule is C=C[C@H]1CC1(C(=O)O)C(=O)O. The Hall–Kier alpha value is -1.32. The Morgan fingerprint density at radius 2 is 1.91 bits per heavy atom. The molecule has 0 aromatic rings. The Bertz CT molecular complexity index is 217. The number of allylic oxidation sites excluding steroid dienone is 1. The van der Waals surface area contributed by atoms with Crippen LogP contribution in [0.2, 0.25) is 0 Å². The van der Waals surface area contributed by atoms with Gasteiger partial charge in [-0.25, -0.2) is 0 Å². The van der Waals surface area contributed by atoms with Crippen molar-refractivity contribution in [1.29, 1.82) is 0 Å². The predicted molar refractivity (Wildman–Crippen MR) is 36.0 cm³/mol. The summed E-state index contributed by atoms with van der Waals surface area (Å²) in [5.41, 5.74) is -1.57. The van der Waals surface area contributed by atoms with Gasteiger partial charge < -0.3 is 10.2 Å². The minimum Gasteiger partial charge on any atom is -0.480 e. The molecule has 4 nitrogen and oxygen atoms in total. The molecule has 0 heterocycles. The molecule has 0 aromatic carbocycles. The van der Waals surface area contributed by atoms with Crippen LogP contribution in [-0.4, -0.2) is 22.2 Å². The van der Waals surface area contributed by atoms with Crippen molar-refractivity contribution in [1.82, 2.24) is 0 Å². The first kappa shape index (κ1) is 7.78. The molecule has 4 heteroatoms. The van der Waals surface area contributed by atoms with Crippen molar-refractivity contribution in [3.63, 3.8) is 0 Å². The highest BCUT2D eigenvalue weighted by Crippen LogP contribution is 2.53. The van der Waals surface area contributed by atoms with E-state index in [1.807, 2.05) is 0 Å². The van der Waals surface area contributed by atoms with E-state index in [2.05, 4.69) is 6.58 Å². The number of rotatable bonds is 3. The fourth-order valence-corrected chi connectivity index (χ4v) is 1.16. The van der Waals surface area contributed by atoms with E-state index in [0.29, 0.717) is 0 Å². The second-order valence-electron chi connectivity index (χ2n) is 2.63. The summed E-state index contributed by atoms with van der Waals surface area (Å²) in [7, 11) is 0. The Morgan fingerprint density at radius 1 is 1.45 bits per heavy atom. The molecule has 1 fully saturated rings. The second kappa shape index (κ2) is 2.08. The maximum absolute atomic E-state index is 10.5. The highest BCUT2D eigenvalue weighted by Gasteiger charge is 2.65. The van der Waals surface area contributed by atoms with Crippen molar-refractivity contribution in [3.05, 3.63) is 12.7 Å². The molecule has 0 aromatic heterocycles. The fraction of sp³-hybridized carbons (Fsp3) is 0.429. The van der Waals surface area contributed by atoms with Gasteiger partial charge in [-0.3, -0.25) is 9.59 Å². The average molecular weight is 156 g/mol. The van der Waals surface area contributed by atoms with Crippen LogP contribution in [-0.2, 0) is 9.59 Å². The van der Waals surface area contributed by atoms with Crippen LogP contribution in [0, 0.1) is 11.3 Å². The summed E-state index contributed by atoms with van der Waals surface area (Å²) in [5, 5.41) is 17.1. The lowest BCUT2D eigenvalue weighted by Gasteiger charge is -2.02. The summed E-state index contributed by atoms with van der Waals surface area (Å²) in [6.07, 6.45) is 1.55. The molecule has 0 bridgehead atoms. The summed E-state index contributed by atoms with van der Waals surface area (Å²) >= 11 is 0. The van der Waals surface area contributed by atoms with Crippen LogP contribution in [0.3, 0.4) is 0 Å².